The third kappa shape index (κ3) is 2.42. The number of rotatable bonds is 2. The van der Waals surface area contributed by atoms with Crippen molar-refractivity contribution >= 4 is 32.4 Å². The van der Waals surface area contributed by atoms with Gasteiger partial charge in [0.15, 0.2) is 29.2 Å². The van der Waals surface area contributed by atoms with Crippen LogP contribution < -0.4 is 35.9 Å². The number of aromatic nitrogens is 1. The van der Waals surface area contributed by atoms with E-state index in [0.717, 1.165) is 55.4 Å². The third-order valence-corrected chi connectivity index (χ3v) is 5.03. The number of benzene rings is 3. The summed E-state index contributed by atoms with van der Waals surface area (Å²) in [4.78, 5) is 0. The Morgan fingerprint density at radius 2 is 1.59 bits per heavy atom. The fraction of sp³-hybridized carbons (Fsp3) is 0.190. The molecular formula is C21H18ClNO4. The van der Waals surface area contributed by atoms with Crippen molar-refractivity contribution in [3.8, 4) is 23.0 Å². The number of ether oxygens (including phenoxy) is 4. The van der Waals surface area contributed by atoms with E-state index in [9.17, 15) is 0 Å². The molecule has 0 saturated heterocycles. The largest absolute Gasteiger partial charge is 1.00 e. The summed E-state index contributed by atoms with van der Waals surface area (Å²) in [6.45, 7) is 0.273. The molecule has 0 radical (unpaired) electrons. The van der Waals surface area contributed by atoms with Crippen LogP contribution in [0.1, 0.15) is 0 Å². The van der Waals surface area contributed by atoms with Crippen LogP contribution in [0.3, 0.4) is 0 Å². The standard InChI is InChI=1S/C21H18NO4.ClH/c1-22-10-16-13(6-7-17(23-2)21(16)24-3)14-5-4-12-8-18-19(26-11-25-18)9-15(12)20(14)22;/h4-10H,11H2,1-3H3;1H/q+1;/p-1. The van der Waals surface area contributed by atoms with Crippen molar-refractivity contribution in [3.05, 3.63) is 42.6 Å². The topological polar surface area (TPSA) is 40.8 Å². The molecule has 0 amide bonds. The minimum atomic E-state index is 0. The van der Waals surface area contributed by atoms with Gasteiger partial charge < -0.3 is 31.4 Å². The van der Waals surface area contributed by atoms with E-state index in [1.807, 2.05) is 19.2 Å². The molecule has 0 spiro atoms. The second-order valence-corrected chi connectivity index (χ2v) is 6.39. The van der Waals surface area contributed by atoms with Crippen LogP contribution in [0.2, 0.25) is 0 Å². The molecule has 138 valence electrons. The summed E-state index contributed by atoms with van der Waals surface area (Å²) in [6.07, 6.45) is 2.09. The number of methoxy groups -OCH3 is 2. The smallest absolute Gasteiger partial charge is 0.231 e. The molecule has 0 aliphatic carbocycles. The SMILES string of the molecule is COc1ccc2c(c[n+](C)c3c4cc5c(cc4ccc23)OCO5)c1OC.[Cl-]. The quantitative estimate of drug-likeness (QED) is 0.378. The number of aryl methyl sites for hydroxylation is 1. The normalized spacial score (nSPS) is 12.4. The lowest BCUT2D eigenvalue weighted by Gasteiger charge is -2.12. The molecule has 3 aromatic carbocycles. The Morgan fingerprint density at radius 1 is 0.852 bits per heavy atom. The predicted octanol–water partition coefficient (Wildman–Crippen LogP) is 0.721. The Morgan fingerprint density at radius 3 is 2.33 bits per heavy atom. The van der Waals surface area contributed by atoms with Gasteiger partial charge in [-0.1, -0.05) is 6.07 Å². The molecule has 0 saturated carbocycles. The molecule has 1 aromatic heterocycles. The molecule has 4 aromatic rings. The number of halogens is 1. The van der Waals surface area contributed by atoms with Crippen molar-refractivity contribution in [2.24, 2.45) is 7.05 Å². The fourth-order valence-electron chi connectivity index (χ4n) is 3.87. The van der Waals surface area contributed by atoms with Gasteiger partial charge in [0.25, 0.3) is 0 Å². The van der Waals surface area contributed by atoms with Crippen molar-refractivity contribution in [1.82, 2.24) is 0 Å². The molecule has 27 heavy (non-hydrogen) atoms. The van der Waals surface area contributed by atoms with Crippen LogP contribution in [0.15, 0.2) is 42.6 Å². The van der Waals surface area contributed by atoms with Crippen LogP contribution in [0.5, 0.6) is 23.0 Å². The highest BCUT2D eigenvalue weighted by atomic mass is 35.5. The number of fused-ring (bicyclic) bond motifs is 6. The summed E-state index contributed by atoms with van der Waals surface area (Å²) in [6, 6.07) is 12.4. The van der Waals surface area contributed by atoms with Gasteiger partial charge in [0.05, 0.1) is 30.4 Å². The van der Waals surface area contributed by atoms with E-state index >= 15 is 0 Å². The predicted molar refractivity (Wildman–Crippen MR) is 99.4 cm³/mol. The van der Waals surface area contributed by atoms with Crippen molar-refractivity contribution < 1.29 is 35.9 Å². The van der Waals surface area contributed by atoms with E-state index in [1.54, 1.807) is 14.2 Å². The third-order valence-electron chi connectivity index (χ3n) is 5.03. The Hall–Kier alpha value is -2.92. The van der Waals surface area contributed by atoms with Gasteiger partial charge in [0.1, 0.15) is 7.05 Å². The molecule has 6 heteroatoms. The molecule has 0 fully saturated rings. The lowest BCUT2D eigenvalue weighted by atomic mass is 10.00. The van der Waals surface area contributed by atoms with Crippen LogP contribution in [-0.2, 0) is 7.05 Å². The van der Waals surface area contributed by atoms with E-state index in [4.69, 9.17) is 18.9 Å². The molecule has 1 aliphatic rings. The Balaban J connectivity index is 0.00000180. The van der Waals surface area contributed by atoms with Gasteiger partial charge in [-0.15, -0.1) is 0 Å². The van der Waals surface area contributed by atoms with Crippen LogP contribution >= 0.6 is 0 Å². The zero-order chi connectivity index (χ0) is 17.8. The summed E-state index contributed by atoms with van der Waals surface area (Å²) in [7, 11) is 5.37. The average Bonchev–Trinajstić information content (AvgIpc) is 3.12. The van der Waals surface area contributed by atoms with Gasteiger partial charge in [0.2, 0.25) is 12.3 Å². The zero-order valence-corrected chi connectivity index (χ0v) is 16.0. The first-order valence-electron chi connectivity index (χ1n) is 8.40. The van der Waals surface area contributed by atoms with Crippen LogP contribution in [0, 0.1) is 0 Å². The van der Waals surface area contributed by atoms with Crippen molar-refractivity contribution in [3.63, 3.8) is 0 Å². The lowest BCUT2D eigenvalue weighted by molar-refractivity contribution is -0.642. The summed E-state index contributed by atoms with van der Waals surface area (Å²) in [5, 5.41) is 5.54. The maximum absolute atomic E-state index is 5.63. The van der Waals surface area contributed by atoms with Gasteiger partial charge in [0, 0.05) is 5.39 Å². The van der Waals surface area contributed by atoms with Gasteiger partial charge in [-0.05, 0) is 35.7 Å². The molecule has 5 nitrogen and oxygen atoms in total. The van der Waals surface area contributed by atoms with Crippen molar-refractivity contribution in [2.75, 3.05) is 21.0 Å². The number of pyridine rings is 1. The molecule has 0 N–H and O–H groups in total. The van der Waals surface area contributed by atoms with E-state index in [0.29, 0.717) is 0 Å². The molecule has 0 unspecified atom stereocenters. The van der Waals surface area contributed by atoms with E-state index in [-0.39, 0.29) is 19.2 Å². The summed E-state index contributed by atoms with van der Waals surface area (Å²) in [5.41, 5.74) is 1.14. The Bertz CT molecular complexity index is 1210. The lowest BCUT2D eigenvalue weighted by Crippen LogP contribution is -3.00. The summed E-state index contributed by atoms with van der Waals surface area (Å²) in [5.74, 6) is 3.06. The monoisotopic (exact) mass is 383 g/mol. The van der Waals surface area contributed by atoms with E-state index in [2.05, 4.69) is 35.0 Å². The number of hydrogen-bond donors (Lipinski definition) is 0. The highest BCUT2D eigenvalue weighted by Crippen LogP contribution is 2.41. The zero-order valence-electron chi connectivity index (χ0n) is 15.2. The molecule has 0 atom stereocenters. The van der Waals surface area contributed by atoms with Gasteiger partial charge in [-0.25, -0.2) is 0 Å². The molecular weight excluding hydrogens is 366 g/mol. The van der Waals surface area contributed by atoms with Gasteiger partial charge >= 0.3 is 0 Å². The first-order valence-corrected chi connectivity index (χ1v) is 8.40. The minimum absolute atomic E-state index is 0. The first-order chi connectivity index (χ1) is 12.7. The van der Waals surface area contributed by atoms with Crippen molar-refractivity contribution in [2.45, 2.75) is 0 Å². The highest BCUT2D eigenvalue weighted by molar-refractivity contribution is 6.15. The number of nitrogens with zero attached hydrogens (tertiary/aromatic N) is 1. The number of hydrogen-bond acceptors (Lipinski definition) is 4. The second kappa shape index (κ2) is 6.35. The van der Waals surface area contributed by atoms with E-state index in [1.165, 1.54) is 0 Å². The van der Waals surface area contributed by atoms with Crippen LogP contribution in [-0.4, -0.2) is 21.0 Å². The van der Waals surface area contributed by atoms with Gasteiger partial charge in [-0.3, -0.25) is 0 Å². The first kappa shape index (κ1) is 17.5. The van der Waals surface area contributed by atoms with E-state index < -0.39 is 0 Å². The summed E-state index contributed by atoms with van der Waals surface area (Å²) < 4.78 is 24.3. The fourth-order valence-corrected chi connectivity index (χ4v) is 3.87. The molecule has 1 aliphatic heterocycles. The summed E-state index contributed by atoms with van der Waals surface area (Å²) >= 11 is 0. The van der Waals surface area contributed by atoms with Crippen molar-refractivity contribution in [1.29, 1.82) is 0 Å². The average molecular weight is 384 g/mol. The Labute approximate surface area is 162 Å². The molecule has 5 rings (SSSR count). The molecule has 2 heterocycles. The Kier molecular flexibility index (Phi) is 4.12. The minimum Gasteiger partial charge on any atom is -1.00 e. The van der Waals surface area contributed by atoms with Crippen LogP contribution in [0.25, 0.3) is 32.4 Å². The van der Waals surface area contributed by atoms with Gasteiger partial charge in [-0.2, -0.15) is 4.57 Å². The highest BCUT2D eigenvalue weighted by Gasteiger charge is 2.21. The second-order valence-electron chi connectivity index (χ2n) is 6.39. The maximum Gasteiger partial charge on any atom is 0.231 e. The maximum atomic E-state index is 5.63. The molecule has 0 bridgehead atoms. The van der Waals surface area contributed by atoms with Crippen LogP contribution in [0.4, 0.5) is 0 Å².